The molecule has 2 aliphatic rings. The highest BCUT2D eigenvalue weighted by atomic mass is 32.1. The Morgan fingerprint density at radius 1 is 0.566 bits per heavy atom. The lowest BCUT2D eigenvalue weighted by Gasteiger charge is -2.30. The second kappa shape index (κ2) is 26.4. The van der Waals surface area contributed by atoms with E-state index in [0.29, 0.717) is 39.5 Å². The number of nitrogens with one attached hydrogen (secondary N) is 6. The monoisotopic (exact) mass is 774 g/mol. The van der Waals surface area contributed by atoms with Crippen molar-refractivity contribution in [2.45, 2.75) is 30.9 Å². The summed E-state index contributed by atoms with van der Waals surface area (Å²) in [6.45, 7) is 2.07. The first kappa shape index (κ1) is 44.8. The number of imide groups is 1. The molecule has 0 saturated carbocycles. The number of amides is 9. The molecule has 53 heavy (non-hydrogen) atoms. The van der Waals surface area contributed by atoms with Crippen molar-refractivity contribution in [3.8, 4) is 0 Å². The Balaban J connectivity index is 1.30. The molecule has 21 nitrogen and oxygen atoms in total. The van der Waals surface area contributed by atoms with Crippen LogP contribution in [0.4, 0.5) is 0 Å². The standard InChI is InChI=1S/C31H50N8O13S/c40-23(2-7-39-29(46)16-22(53)31(39)48)32-4-9-50-11-13-52-15-14-51-12-10-49-8-3-24(41)33-17-25(42)34-18-26(43)35-19-27(44)36-20-28(45)37-21-30(47)38-5-1-6-38/h22,53H,1-21H2,(H,32,40)(H,33,41)(H,34,42)(H,35,43)(H,36,44)(H,37,45). The number of nitrogens with zero attached hydrogens (tertiary/aromatic N) is 2. The number of hydrogen-bond acceptors (Lipinski definition) is 14. The minimum Gasteiger partial charge on any atom is -0.379 e. The van der Waals surface area contributed by atoms with Crippen LogP contribution in [-0.2, 0) is 62.1 Å². The van der Waals surface area contributed by atoms with Crippen molar-refractivity contribution in [2.75, 3.05) is 112 Å². The van der Waals surface area contributed by atoms with E-state index in [9.17, 15) is 43.2 Å². The van der Waals surface area contributed by atoms with Crippen LogP contribution in [0.1, 0.15) is 25.7 Å². The number of carbonyl (C=O) groups is 9. The van der Waals surface area contributed by atoms with Crippen molar-refractivity contribution in [2.24, 2.45) is 0 Å². The molecule has 0 aromatic carbocycles. The van der Waals surface area contributed by atoms with Gasteiger partial charge in [0.25, 0.3) is 0 Å². The van der Waals surface area contributed by atoms with Crippen molar-refractivity contribution in [3.05, 3.63) is 0 Å². The van der Waals surface area contributed by atoms with Crippen LogP contribution in [0.3, 0.4) is 0 Å². The number of carbonyl (C=O) groups excluding carboxylic acids is 9. The summed E-state index contributed by atoms with van der Waals surface area (Å²) in [5.41, 5.74) is 0. The Morgan fingerprint density at radius 3 is 1.45 bits per heavy atom. The zero-order valence-electron chi connectivity index (χ0n) is 29.6. The van der Waals surface area contributed by atoms with E-state index in [0.717, 1.165) is 11.3 Å². The molecule has 0 aliphatic carbocycles. The minimum absolute atomic E-state index is 0.000140. The van der Waals surface area contributed by atoms with E-state index in [2.05, 4.69) is 44.5 Å². The Bertz CT molecular complexity index is 1270. The highest BCUT2D eigenvalue weighted by Crippen LogP contribution is 2.17. The molecule has 0 spiro atoms. The fourth-order valence-electron chi connectivity index (χ4n) is 4.30. The topological polar surface area (TPSA) is 269 Å². The van der Waals surface area contributed by atoms with Crippen LogP contribution in [0.5, 0.6) is 0 Å². The molecule has 2 saturated heterocycles. The number of rotatable bonds is 28. The van der Waals surface area contributed by atoms with Gasteiger partial charge in [0.2, 0.25) is 53.2 Å². The maximum Gasteiger partial charge on any atom is 0.242 e. The van der Waals surface area contributed by atoms with Crippen molar-refractivity contribution in [1.82, 2.24) is 41.7 Å². The van der Waals surface area contributed by atoms with Gasteiger partial charge in [-0.1, -0.05) is 0 Å². The highest BCUT2D eigenvalue weighted by Gasteiger charge is 2.36. The zero-order valence-corrected chi connectivity index (χ0v) is 30.5. The van der Waals surface area contributed by atoms with E-state index >= 15 is 0 Å². The Labute approximate surface area is 312 Å². The van der Waals surface area contributed by atoms with E-state index in [1.807, 2.05) is 0 Å². The molecule has 22 heteroatoms. The lowest BCUT2D eigenvalue weighted by atomic mass is 10.2. The molecule has 298 valence electrons. The molecular weight excluding hydrogens is 724 g/mol. The highest BCUT2D eigenvalue weighted by molar-refractivity contribution is 7.81. The Morgan fingerprint density at radius 2 is 1.00 bits per heavy atom. The summed E-state index contributed by atoms with van der Waals surface area (Å²) in [5, 5.41) is 13.7. The van der Waals surface area contributed by atoms with Crippen molar-refractivity contribution in [3.63, 3.8) is 0 Å². The molecule has 2 aliphatic heterocycles. The van der Waals surface area contributed by atoms with E-state index < -0.39 is 47.9 Å². The molecule has 6 N–H and O–H groups in total. The number of thiol groups is 1. The molecule has 2 heterocycles. The van der Waals surface area contributed by atoms with Gasteiger partial charge in [-0.05, 0) is 6.42 Å². The minimum atomic E-state index is -0.657. The van der Waals surface area contributed by atoms with E-state index in [4.69, 9.17) is 18.9 Å². The zero-order chi connectivity index (χ0) is 38.8. The molecule has 1 unspecified atom stereocenters. The molecular formula is C31H50N8O13S. The molecule has 0 radical (unpaired) electrons. The van der Waals surface area contributed by atoms with Gasteiger partial charge in [-0.3, -0.25) is 48.1 Å². The third-order valence-electron chi connectivity index (χ3n) is 7.37. The predicted molar refractivity (Wildman–Crippen MR) is 186 cm³/mol. The summed E-state index contributed by atoms with van der Waals surface area (Å²) in [4.78, 5) is 109. The van der Waals surface area contributed by atoms with Crippen molar-refractivity contribution >= 4 is 65.8 Å². The fourth-order valence-corrected chi connectivity index (χ4v) is 4.59. The van der Waals surface area contributed by atoms with Crippen LogP contribution in [0.2, 0.25) is 0 Å². The third-order valence-corrected chi connectivity index (χ3v) is 7.77. The van der Waals surface area contributed by atoms with Gasteiger partial charge in [-0.25, -0.2) is 0 Å². The van der Waals surface area contributed by atoms with Crippen LogP contribution in [0.15, 0.2) is 0 Å². The molecule has 2 rings (SSSR count). The van der Waals surface area contributed by atoms with Crippen LogP contribution in [0.25, 0.3) is 0 Å². The van der Waals surface area contributed by atoms with Crippen LogP contribution >= 0.6 is 12.6 Å². The first-order chi connectivity index (χ1) is 25.5. The second-order valence-corrected chi connectivity index (χ2v) is 12.1. The van der Waals surface area contributed by atoms with E-state index in [1.54, 1.807) is 4.90 Å². The largest absolute Gasteiger partial charge is 0.379 e. The van der Waals surface area contributed by atoms with Gasteiger partial charge in [0, 0.05) is 45.4 Å². The first-order valence-corrected chi connectivity index (χ1v) is 17.7. The Hall–Kier alpha value is -4.38. The summed E-state index contributed by atoms with van der Waals surface area (Å²) in [7, 11) is 0. The van der Waals surface area contributed by atoms with Gasteiger partial charge >= 0.3 is 0 Å². The molecule has 0 aromatic rings. The van der Waals surface area contributed by atoms with Crippen molar-refractivity contribution < 1.29 is 62.1 Å². The average Bonchev–Trinajstić information content (AvgIpc) is 3.35. The van der Waals surface area contributed by atoms with Gasteiger partial charge in [0.1, 0.15) is 0 Å². The van der Waals surface area contributed by atoms with Crippen molar-refractivity contribution in [1.29, 1.82) is 0 Å². The number of likely N-dealkylation sites (tertiary alicyclic amines) is 2. The number of ether oxygens (including phenoxy) is 4. The molecule has 1 atom stereocenters. The summed E-state index contributed by atoms with van der Waals surface area (Å²) < 4.78 is 21.4. The van der Waals surface area contributed by atoms with Gasteiger partial charge in [-0.2, -0.15) is 12.6 Å². The van der Waals surface area contributed by atoms with E-state index in [1.165, 1.54) is 0 Å². The van der Waals surface area contributed by atoms with E-state index in [-0.39, 0.29) is 102 Å². The van der Waals surface area contributed by atoms with Crippen LogP contribution < -0.4 is 31.9 Å². The second-order valence-electron chi connectivity index (χ2n) is 11.5. The molecule has 2 fully saturated rings. The summed E-state index contributed by atoms with van der Waals surface area (Å²) >= 11 is 4.04. The lowest BCUT2D eigenvalue weighted by molar-refractivity contribution is -0.139. The maximum atomic E-state index is 11.9. The molecule has 0 aromatic heterocycles. The Kier molecular flexibility index (Phi) is 22.3. The van der Waals surface area contributed by atoms with Gasteiger partial charge in [0.05, 0.1) is 90.8 Å². The summed E-state index contributed by atoms with van der Waals surface area (Å²) in [5.74, 6) is -4.09. The molecule has 9 amide bonds. The lowest BCUT2D eigenvalue weighted by Crippen LogP contribution is -2.49. The predicted octanol–water partition coefficient (Wildman–Crippen LogP) is -5.18. The third kappa shape index (κ3) is 20.4. The summed E-state index contributed by atoms with van der Waals surface area (Å²) in [6, 6.07) is 0. The fraction of sp³-hybridized carbons (Fsp3) is 0.710. The SMILES string of the molecule is O=C(CCN1C(=O)CC(S)C1=O)NCCOCCOCCOCCOCCC(=O)NCC(=O)NCC(=O)NCC(=O)NCC(=O)NCC(=O)N1CCC1. The van der Waals surface area contributed by atoms with Gasteiger partial charge in [0.15, 0.2) is 0 Å². The normalized spacial score (nSPS) is 15.0. The summed E-state index contributed by atoms with van der Waals surface area (Å²) in [6.07, 6.45) is 0.997. The van der Waals surface area contributed by atoms with Crippen LogP contribution in [-0.4, -0.2) is 180 Å². The molecule has 0 bridgehead atoms. The van der Waals surface area contributed by atoms with Crippen LogP contribution in [0, 0.1) is 0 Å². The first-order valence-electron chi connectivity index (χ1n) is 17.2. The quantitative estimate of drug-likeness (QED) is 0.0223. The van der Waals surface area contributed by atoms with Gasteiger partial charge in [-0.15, -0.1) is 0 Å². The maximum absolute atomic E-state index is 11.9. The van der Waals surface area contributed by atoms with Gasteiger partial charge < -0.3 is 55.7 Å². The smallest absolute Gasteiger partial charge is 0.242 e. The number of hydrogen-bond donors (Lipinski definition) is 7. The average molecular weight is 775 g/mol.